The van der Waals surface area contributed by atoms with Gasteiger partial charge in [0.2, 0.25) is 0 Å². The Morgan fingerprint density at radius 1 is 1.07 bits per heavy atom. The highest BCUT2D eigenvalue weighted by Gasteiger charge is 2.01. The minimum absolute atomic E-state index is 1.08. The summed E-state index contributed by atoms with van der Waals surface area (Å²) in [6, 6.07) is 8.35. The second-order valence-electron chi connectivity index (χ2n) is 3.08. The van der Waals surface area contributed by atoms with Gasteiger partial charge < -0.3 is 0 Å². The molecule has 0 amide bonds. The fourth-order valence-electron chi connectivity index (χ4n) is 1.19. The lowest BCUT2D eigenvalue weighted by atomic mass is 10.2. The number of nitrogens with zero attached hydrogens (tertiary/aromatic N) is 1. The molecule has 1 nitrogen and oxygen atoms in total. The maximum atomic E-state index is 4.53. The van der Waals surface area contributed by atoms with Gasteiger partial charge in [0, 0.05) is 5.69 Å². The first-order valence-electron chi connectivity index (χ1n) is 5.25. The third kappa shape index (κ3) is 2.90. The molecule has 2 aromatic rings. The van der Waals surface area contributed by atoms with Crippen LogP contribution in [-0.4, -0.2) is 4.98 Å². The molecule has 0 radical (unpaired) electrons. The van der Waals surface area contributed by atoms with Gasteiger partial charge in [0.25, 0.3) is 0 Å². The Bertz CT molecular complexity index is 404. The van der Waals surface area contributed by atoms with Crippen LogP contribution in [0.1, 0.15) is 25.1 Å². The normalized spacial score (nSPS) is 9.33. The average Bonchev–Trinajstić information content (AvgIpc) is 2.78. The van der Waals surface area contributed by atoms with Crippen molar-refractivity contribution < 1.29 is 0 Å². The third-order valence-electron chi connectivity index (χ3n) is 2.12. The van der Waals surface area contributed by atoms with Crippen LogP contribution < -0.4 is 0 Å². The van der Waals surface area contributed by atoms with Crippen LogP contribution in [0, 0.1) is 13.8 Å². The molecule has 0 saturated heterocycles. The highest BCUT2D eigenvalue weighted by atomic mass is 32.1. The predicted molar refractivity (Wildman–Crippen MR) is 68.4 cm³/mol. The molecular weight excluding hydrogens is 202 g/mol. The Balaban J connectivity index is 0.000000531. The minimum atomic E-state index is 1.08. The van der Waals surface area contributed by atoms with Gasteiger partial charge in [0.1, 0.15) is 0 Å². The second kappa shape index (κ2) is 5.66. The lowest BCUT2D eigenvalue weighted by Gasteiger charge is -2.01. The maximum absolute atomic E-state index is 4.53. The molecule has 0 aliphatic carbocycles. The van der Waals surface area contributed by atoms with E-state index in [9.17, 15) is 0 Å². The van der Waals surface area contributed by atoms with Crippen LogP contribution in [0.4, 0.5) is 0 Å². The summed E-state index contributed by atoms with van der Waals surface area (Å²) in [5.74, 6) is 0. The standard InChI is InChI=1S/C11H11NS.C2H6/c1-8-5-6-10(12-9(8)2)11-4-3-7-13-11;1-2/h3-7H,1-2H3;1-2H3. The van der Waals surface area contributed by atoms with E-state index in [1.807, 2.05) is 20.8 Å². The Morgan fingerprint density at radius 3 is 2.33 bits per heavy atom. The van der Waals surface area contributed by atoms with Crippen molar-refractivity contribution in [2.45, 2.75) is 27.7 Å². The van der Waals surface area contributed by atoms with E-state index in [2.05, 4.69) is 41.6 Å². The topological polar surface area (TPSA) is 12.9 Å². The van der Waals surface area contributed by atoms with E-state index in [-0.39, 0.29) is 0 Å². The van der Waals surface area contributed by atoms with Gasteiger partial charge in [0.15, 0.2) is 0 Å². The monoisotopic (exact) mass is 219 g/mol. The van der Waals surface area contributed by atoms with Gasteiger partial charge >= 0.3 is 0 Å². The van der Waals surface area contributed by atoms with Crippen molar-refractivity contribution in [3.63, 3.8) is 0 Å². The summed E-state index contributed by atoms with van der Waals surface area (Å²) < 4.78 is 0. The highest BCUT2D eigenvalue weighted by molar-refractivity contribution is 7.13. The van der Waals surface area contributed by atoms with Gasteiger partial charge in [-0.3, -0.25) is 4.98 Å². The van der Waals surface area contributed by atoms with Crippen molar-refractivity contribution in [1.82, 2.24) is 4.98 Å². The molecule has 0 aliphatic rings. The first kappa shape index (κ1) is 11.9. The Hall–Kier alpha value is -1.15. The Morgan fingerprint density at radius 2 is 1.80 bits per heavy atom. The maximum Gasteiger partial charge on any atom is 0.0805 e. The Kier molecular flexibility index (Phi) is 4.50. The number of aryl methyl sites for hydroxylation is 2. The van der Waals surface area contributed by atoms with Gasteiger partial charge in [-0.1, -0.05) is 26.0 Å². The second-order valence-corrected chi connectivity index (χ2v) is 4.02. The molecule has 0 aliphatic heterocycles. The number of aromatic nitrogens is 1. The fraction of sp³-hybridized carbons (Fsp3) is 0.308. The van der Waals surface area contributed by atoms with Crippen molar-refractivity contribution in [2.24, 2.45) is 0 Å². The summed E-state index contributed by atoms with van der Waals surface area (Å²) in [4.78, 5) is 5.76. The van der Waals surface area contributed by atoms with E-state index in [0.29, 0.717) is 0 Å². The highest BCUT2D eigenvalue weighted by Crippen LogP contribution is 2.23. The summed E-state index contributed by atoms with van der Waals surface area (Å²) in [5.41, 5.74) is 3.45. The minimum Gasteiger partial charge on any atom is -0.252 e. The molecule has 2 aromatic heterocycles. The van der Waals surface area contributed by atoms with Crippen molar-refractivity contribution in [2.75, 3.05) is 0 Å². The van der Waals surface area contributed by atoms with Crippen molar-refractivity contribution in [3.8, 4) is 10.6 Å². The lowest BCUT2D eigenvalue weighted by Crippen LogP contribution is -1.87. The van der Waals surface area contributed by atoms with E-state index in [4.69, 9.17) is 0 Å². The van der Waals surface area contributed by atoms with Gasteiger partial charge in [-0.2, -0.15) is 0 Å². The van der Waals surface area contributed by atoms with Crippen LogP contribution in [-0.2, 0) is 0 Å². The molecule has 0 aromatic carbocycles. The molecule has 2 heterocycles. The first-order chi connectivity index (χ1) is 7.27. The van der Waals surface area contributed by atoms with Gasteiger partial charge in [-0.15, -0.1) is 11.3 Å². The van der Waals surface area contributed by atoms with Crippen LogP contribution in [0.15, 0.2) is 29.6 Å². The van der Waals surface area contributed by atoms with Gasteiger partial charge in [-0.25, -0.2) is 0 Å². The molecule has 15 heavy (non-hydrogen) atoms. The summed E-state index contributed by atoms with van der Waals surface area (Å²) in [6.45, 7) is 8.13. The average molecular weight is 219 g/mol. The SMILES string of the molecule is CC.Cc1ccc(-c2cccs2)nc1C. The van der Waals surface area contributed by atoms with E-state index in [1.54, 1.807) is 11.3 Å². The summed E-state index contributed by atoms with van der Waals surface area (Å²) >= 11 is 1.73. The van der Waals surface area contributed by atoms with Crippen LogP contribution in [0.3, 0.4) is 0 Å². The fourth-order valence-corrected chi connectivity index (χ4v) is 1.89. The van der Waals surface area contributed by atoms with Crippen molar-refractivity contribution in [1.29, 1.82) is 0 Å². The molecular formula is C13H17NS. The Labute approximate surface area is 95.8 Å². The molecule has 0 unspecified atom stereocenters. The first-order valence-corrected chi connectivity index (χ1v) is 6.13. The van der Waals surface area contributed by atoms with Crippen LogP contribution in [0.5, 0.6) is 0 Å². The number of hydrogen-bond donors (Lipinski definition) is 0. The predicted octanol–water partition coefficient (Wildman–Crippen LogP) is 4.45. The quantitative estimate of drug-likeness (QED) is 0.690. The molecule has 0 spiro atoms. The van der Waals surface area contributed by atoms with Crippen molar-refractivity contribution >= 4 is 11.3 Å². The lowest BCUT2D eigenvalue weighted by molar-refractivity contribution is 1.16. The zero-order valence-electron chi connectivity index (χ0n) is 9.74. The molecule has 0 bridgehead atoms. The van der Waals surface area contributed by atoms with Crippen LogP contribution >= 0.6 is 11.3 Å². The third-order valence-corrected chi connectivity index (χ3v) is 3.02. The molecule has 2 heteroatoms. The molecule has 0 saturated carbocycles. The van der Waals surface area contributed by atoms with Crippen LogP contribution in [0.25, 0.3) is 10.6 Å². The summed E-state index contributed by atoms with van der Waals surface area (Å²) in [5, 5.41) is 2.08. The summed E-state index contributed by atoms with van der Waals surface area (Å²) in [6.07, 6.45) is 0. The molecule has 0 atom stereocenters. The number of thiophene rings is 1. The zero-order valence-corrected chi connectivity index (χ0v) is 10.6. The van der Waals surface area contributed by atoms with E-state index < -0.39 is 0 Å². The molecule has 2 rings (SSSR count). The van der Waals surface area contributed by atoms with Gasteiger partial charge in [-0.05, 0) is 36.9 Å². The van der Waals surface area contributed by atoms with E-state index in [0.717, 1.165) is 11.4 Å². The van der Waals surface area contributed by atoms with E-state index in [1.165, 1.54) is 10.4 Å². The van der Waals surface area contributed by atoms with Crippen LogP contribution in [0.2, 0.25) is 0 Å². The molecule has 0 fully saturated rings. The summed E-state index contributed by atoms with van der Waals surface area (Å²) in [7, 11) is 0. The van der Waals surface area contributed by atoms with E-state index >= 15 is 0 Å². The largest absolute Gasteiger partial charge is 0.252 e. The number of hydrogen-bond acceptors (Lipinski definition) is 2. The molecule has 0 N–H and O–H groups in total. The number of pyridine rings is 1. The smallest absolute Gasteiger partial charge is 0.0805 e. The number of rotatable bonds is 1. The molecule has 80 valence electrons. The van der Waals surface area contributed by atoms with Crippen molar-refractivity contribution in [3.05, 3.63) is 40.9 Å². The zero-order chi connectivity index (χ0) is 11.3. The van der Waals surface area contributed by atoms with Gasteiger partial charge in [0.05, 0.1) is 10.6 Å².